The predicted octanol–water partition coefficient (Wildman–Crippen LogP) is 5.47. The first-order valence-electron chi connectivity index (χ1n) is 12.6. The van der Waals surface area contributed by atoms with E-state index >= 15 is 0 Å². The molecule has 0 unspecified atom stereocenters. The minimum Gasteiger partial charge on any atom is -0.357 e. The molecule has 0 saturated heterocycles. The van der Waals surface area contributed by atoms with Crippen LogP contribution in [0.3, 0.4) is 0 Å². The van der Waals surface area contributed by atoms with Gasteiger partial charge in [-0.05, 0) is 49.1 Å². The van der Waals surface area contributed by atoms with Gasteiger partial charge in [0.15, 0.2) is 5.16 Å². The monoisotopic (exact) mass is 489 g/mol. The van der Waals surface area contributed by atoms with Gasteiger partial charge in [0.05, 0.1) is 0 Å². The number of nitrogens with one attached hydrogen (secondary N) is 1. The van der Waals surface area contributed by atoms with E-state index in [2.05, 4.69) is 41.3 Å². The highest BCUT2D eigenvalue weighted by atomic mass is 32.2. The third-order valence-corrected chi connectivity index (χ3v) is 7.46. The molecule has 3 aromatic rings. The number of carbonyl (C=O) groups is 1. The number of nitrogens with zero attached hydrogens (tertiary/aromatic N) is 4. The van der Waals surface area contributed by atoms with Gasteiger partial charge in [-0.2, -0.15) is 0 Å². The van der Waals surface area contributed by atoms with Gasteiger partial charge in [0.25, 0.3) is 5.91 Å². The first-order valence-corrected chi connectivity index (χ1v) is 13.6. The molecule has 0 radical (unpaired) electrons. The number of hydrogen-bond donors (Lipinski definition) is 1. The van der Waals surface area contributed by atoms with Crippen molar-refractivity contribution < 1.29 is 4.79 Å². The third-order valence-electron chi connectivity index (χ3n) is 6.54. The summed E-state index contributed by atoms with van der Waals surface area (Å²) < 4.78 is 0. The number of hydrogen-bond acceptors (Lipinski definition) is 6. The molecule has 2 aromatic heterocycles. The summed E-state index contributed by atoms with van der Waals surface area (Å²) in [5.74, 6) is 1.68. The smallest absolute Gasteiger partial charge is 0.251 e. The lowest BCUT2D eigenvalue weighted by Crippen LogP contribution is -2.34. The molecule has 6 nitrogen and oxygen atoms in total. The lowest BCUT2D eigenvalue weighted by molar-refractivity contribution is 0.0954. The van der Waals surface area contributed by atoms with Crippen LogP contribution in [-0.2, 0) is 18.6 Å². The number of thioether (sulfide) groups is 1. The number of aryl methyl sites for hydroxylation is 1. The van der Waals surface area contributed by atoms with E-state index in [4.69, 9.17) is 9.97 Å². The molecule has 1 N–H and O–H groups in total. The maximum atomic E-state index is 12.6. The van der Waals surface area contributed by atoms with Crippen molar-refractivity contribution in [2.45, 2.75) is 68.8 Å². The van der Waals surface area contributed by atoms with Crippen LogP contribution in [0, 0.1) is 0 Å². The summed E-state index contributed by atoms with van der Waals surface area (Å²) in [5, 5.41) is 3.80. The maximum Gasteiger partial charge on any atom is 0.251 e. The summed E-state index contributed by atoms with van der Waals surface area (Å²) in [6.45, 7) is 2.70. The molecule has 184 valence electrons. The SMILES string of the molecule is CCc1cc(N(C)C2CCCCC2)nc(SCc2cccc(C(=O)NCCc3ccccn3)c2)n1. The molecule has 1 aromatic carbocycles. The normalized spacial score (nSPS) is 14.0. The topological polar surface area (TPSA) is 71.0 Å². The van der Waals surface area contributed by atoms with Crippen molar-refractivity contribution in [2.24, 2.45) is 0 Å². The maximum absolute atomic E-state index is 12.6. The fraction of sp³-hybridized carbons (Fsp3) is 0.429. The molecule has 4 rings (SSSR count). The summed E-state index contributed by atoms with van der Waals surface area (Å²) >= 11 is 1.63. The van der Waals surface area contributed by atoms with Crippen LogP contribution in [0.25, 0.3) is 0 Å². The van der Waals surface area contributed by atoms with E-state index < -0.39 is 0 Å². The van der Waals surface area contributed by atoms with Crippen LogP contribution in [0.1, 0.15) is 66.3 Å². The van der Waals surface area contributed by atoms with E-state index in [0.717, 1.165) is 40.1 Å². The van der Waals surface area contributed by atoms with Gasteiger partial charge in [0, 0.05) is 61.0 Å². The first kappa shape index (κ1) is 25.2. The van der Waals surface area contributed by atoms with Gasteiger partial charge in [-0.15, -0.1) is 0 Å². The average molecular weight is 490 g/mol. The van der Waals surface area contributed by atoms with Crippen molar-refractivity contribution in [3.05, 3.63) is 77.2 Å². The van der Waals surface area contributed by atoms with E-state index in [0.29, 0.717) is 24.6 Å². The van der Waals surface area contributed by atoms with Crippen LogP contribution >= 0.6 is 11.8 Å². The number of anilines is 1. The highest BCUT2D eigenvalue weighted by Gasteiger charge is 2.20. The van der Waals surface area contributed by atoms with Gasteiger partial charge in [-0.25, -0.2) is 9.97 Å². The number of aromatic nitrogens is 3. The fourth-order valence-corrected chi connectivity index (χ4v) is 5.26. The Bertz CT molecular complexity index is 1100. The van der Waals surface area contributed by atoms with E-state index in [-0.39, 0.29) is 5.91 Å². The summed E-state index contributed by atoms with van der Waals surface area (Å²) in [4.78, 5) is 28.9. The number of amides is 1. The molecule has 0 atom stereocenters. The summed E-state index contributed by atoms with van der Waals surface area (Å²) in [6.07, 6.45) is 9.79. The van der Waals surface area contributed by atoms with Crippen LogP contribution in [-0.4, -0.2) is 40.5 Å². The molecule has 0 bridgehead atoms. The molecule has 1 saturated carbocycles. The summed E-state index contributed by atoms with van der Waals surface area (Å²) in [7, 11) is 2.17. The number of benzene rings is 1. The van der Waals surface area contributed by atoms with Gasteiger partial charge in [-0.1, -0.05) is 56.1 Å². The second-order valence-corrected chi connectivity index (χ2v) is 10.0. The van der Waals surface area contributed by atoms with Gasteiger partial charge < -0.3 is 10.2 Å². The van der Waals surface area contributed by atoms with Crippen molar-refractivity contribution in [1.29, 1.82) is 0 Å². The first-order chi connectivity index (χ1) is 17.1. The quantitative estimate of drug-likeness (QED) is 0.301. The highest BCUT2D eigenvalue weighted by molar-refractivity contribution is 7.98. The van der Waals surface area contributed by atoms with E-state index in [9.17, 15) is 4.79 Å². The number of rotatable bonds is 10. The van der Waals surface area contributed by atoms with Crippen molar-refractivity contribution in [1.82, 2.24) is 20.3 Å². The summed E-state index contributed by atoms with van der Waals surface area (Å²) in [6, 6.07) is 16.3. The van der Waals surface area contributed by atoms with Crippen molar-refractivity contribution in [2.75, 3.05) is 18.5 Å². The number of carbonyl (C=O) groups excluding carboxylic acids is 1. The van der Waals surface area contributed by atoms with Crippen LogP contribution in [0.4, 0.5) is 5.82 Å². The Balaban J connectivity index is 1.36. The van der Waals surface area contributed by atoms with Gasteiger partial charge in [-0.3, -0.25) is 9.78 Å². The molecular formula is C28H35N5OS. The molecule has 1 aliphatic carbocycles. The van der Waals surface area contributed by atoms with Gasteiger partial charge in [0.1, 0.15) is 5.82 Å². The standard InChI is InChI=1S/C28H35N5OS/c1-3-23-19-26(33(2)25-13-5-4-6-14-25)32-28(31-23)35-20-21-10-9-11-22(18-21)27(34)30-17-15-24-12-7-8-16-29-24/h7-12,16,18-19,25H,3-6,13-15,17,20H2,1-2H3,(H,30,34). The van der Waals surface area contributed by atoms with Crippen LogP contribution in [0.2, 0.25) is 0 Å². The zero-order valence-electron chi connectivity index (χ0n) is 20.7. The lowest BCUT2D eigenvalue weighted by Gasteiger charge is -2.32. The van der Waals surface area contributed by atoms with Crippen molar-refractivity contribution >= 4 is 23.5 Å². The molecule has 0 aliphatic heterocycles. The zero-order chi connectivity index (χ0) is 24.5. The summed E-state index contributed by atoms with van der Waals surface area (Å²) in [5.41, 5.74) is 3.80. The molecule has 0 spiro atoms. The Morgan fingerprint density at radius 1 is 1.06 bits per heavy atom. The molecule has 2 heterocycles. The van der Waals surface area contributed by atoms with Crippen LogP contribution < -0.4 is 10.2 Å². The second-order valence-electron chi connectivity index (χ2n) is 9.07. The Kier molecular flexibility index (Phi) is 9.12. The van der Waals surface area contributed by atoms with Gasteiger partial charge >= 0.3 is 0 Å². The Labute approximate surface area is 213 Å². The zero-order valence-corrected chi connectivity index (χ0v) is 21.6. The molecule has 1 amide bonds. The number of pyridine rings is 1. The second kappa shape index (κ2) is 12.7. The Hall–Kier alpha value is -2.93. The largest absolute Gasteiger partial charge is 0.357 e. The minimum atomic E-state index is -0.0617. The van der Waals surface area contributed by atoms with Crippen molar-refractivity contribution in [3.8, 4) is 0 Å². The van der Waals surface area contributed by atoms with E-state index in [1.54, 1.807) is 18.0 Å². The highest BCUT2D eigenvalue weighted by Crippen LogP contribution is 2.28. The third kappa shape index (κ3) is 7.28. The van der Waals surface area contributed by atoms with E-state index in [1.807, 2.05) is 36.4 Å². The molecule has 7 heteroatoms. The van der Waals surface area contributed by atoms with Crippen LogP contribution in [0.5, 0.6) is 0 Å². The molecule has 1 fully saturated rings. The van der Waals surface area contributed by atoms with Gasteiger partial charge in [0.2, 0.25) is 0 Å². The fourth-order valence-electron chi connectivity index (χ4n) is 4.44. The predicted molar refractivity (Wildman–Crippen MR) is 143 cm³/mol. The molecule has 1 aliphatic rings. The van der Waals surface area contributed by atoms with Crippen LogP contribution in [0.15, 0.2) is 59.9 Å². The van der Waals surface area contributed by atoms with Crippen molar-refractivity contribution in [3.63, 3.8) is 0 Å². The Morgan fingerprint density at radius 3 is 2.69 bits per heavy atom. The minimum absolute atomic E-state index is 0.0617. The van der Waals surface area contributed by atoms with E-state index in [1.165, 1.54) is 32.1 Å². The average Bonchev–Trinajstić information content (AvgIpc) is 2.92. The Morgan fingerprint density at radius 2 is 1.91 bits per heavy atom. The lowest BCUT2D eigenvalue weighted by atomic mass is 9.94. The molecule has 35 heavy (non-hydrogen) atoms. The molecular weight excluding hydrogens is 454 g/mol.